The molecule has 4 nitrogen and oxygen atoms in total. The summed E-state index contributed by atoms with van der Waals surface area (Å²) >= 11 is 0. The van der Waals surface area contributed by atoms with Gasteiger partial charge in [-0.3, -0.25) is 0 Å². The van der Waals surface area contributed by atoms with Crippen LogP contribution in [0, 0.1) is 0 Å². The van der Waals surface area contributed by atoms with Crippen molar-refractivity contribution in [1.29, 1.82) is 0 Å². The molecule has 0 saturated carbocycles. The molecule has 0 radical (unpaired) electrons. The molecule has 3 rings (SSSR count). The number of ether oxygens (including phenoxy) is 1. The van der Waals surface area contributed by atoms with Crippen molar-refractivity contribution in [3.8, 4) is 17.0 Å². The molecule has 0 aliphatic heterocycles. The van der Waals surface area contributed by atoms with Crippen LogP contribution < -0.4 is 14.5 Å². The van der Waals surface area contributed by atoms with Crippen molar-refractivity contribution >= 4 is 22.3 Å². The van der Waals surface area contributed by atoms with Gasteiger partial charge in [0.25, 0.3) is 0 Å². The topological polar surface area (TPSA) is 28.6 Å². The van der Waals surface area contributed by atoms with Crippen molar-refractivity contribution in [2.24, 2.45) is 0 Å². The Morgan fingerprint density at radius 3 is 2.33 bits per heavy atom. The Hall–Kier alpha value is -2.75. The predicted octanol–water partition coefficient (Wildman–Crippen LogP) is 4.04. The molecule has 3 aromatic rings. The summed E-state index contributed by atoms with van der Waals surface area (Å²) in [6.45, 7) is 0. The van der Waals surface area contributed by atoms with E-state index >= 15 is 0 Å². The van der Waals surface area contributed by atoms with Gasteiger partial charge >= 0.3 is 0 Å². The third-order valence-electron chi connectivity index (χ3n) is 4.10. The molecular formula is C20H23N3O. The van der Waals surface area contributed by atoms with E-state index in [0.29, 0.717) is 0 Å². The number of pyridine rings is 1. The molecule has 1 aromatic heterocycles. The molecule has 0 bridgehead atoms. The number of fused-ring (bicyclic) bond motifs is 1. The van der Waals surface area contributed by atoms with Crippen LogP contribution in [0.15, 0.2) is 48.5 Å². The highest BCUT2D eigenvalue weighted by Gasteiger charge is 2.11. The van der Waals surface area contributed by atoms with Gasteiger partial charge in [-0.25, -0.2) is 4.98 Å². The Morgan fingerprint density at radius 2 is 1.67 bits per heavy atom. The summed E-state index contributed by atoms with van der Waals surface area (Å²) in [5.41, 5.74) is 3.17. The molecule has 24 heavy (non-hydrogen) atoms. The molecule has 1 heterocycles. The number of anilines is 2. The van der Waals surface area contributed by atoms with Crippen LogP contribution >= 0.6 is 0 Å². The van der Waals surface area contributed by atoms with Crippen LogP contribution in [-0.4, -0.2) is 40.3 Å². The standard InChI is InChI=1S/C20H23N3O/c1-22(2)16-10-9-14-12-19(15-7-6-8-17(11-15)24-5)21-20(23(3)4)18(14)13-16/h6-13H,1-5H3. The summed E-state index contributed by atoms with van der Waals surface area (Å²) in [5, 5.41) is 2.33. The van der Waals surface area contributed by atoms with E-state index in [1.165, 1.54) is 11.1 Å². The number of hydrogen-bond acceptors (Lipinski definition) is 4. The third kappa shape index (κ3) is 3.00. The van der Waals surface area contributed by atoms with Crippen molar-refractivity contribution < 1.29 is 4.74 Å². The molecule has 2 aromatic carbocycles. The average Bonchev–Trinajstić information content (AvgIpc) is 2.60. The molecular weight excluding hydrogens is 298 g/mol. The molecule has 0 saturated heterocycles. The Morgan fingerprint density at radius 1 is 0.875 bits per heavy atom. The van der Waals surface area contributed by atoms with Gasteiger partial charge in [0.2, 0.25) is 0 Å². The second-order valence-electron chi connectivity index (χ2n) is 6.26. The number of hydrogen-bond donors (Lipinski definition) is 0. The van der Waals surface area contributed by atoms with Gasteiger partial charge in [-0.1, -0.05) is 18.2 Å². The largest absolute Gasteiger partial charge is 0.497 e. The van der Waals surface area contributed by atoms with E-state index in [0.717, 1.165) is 28.2 Å². The minimum atomic E-state index is 0.837. The summed E-state index contributed by atoms with van der Waals surface area (Å²) in [5.74, 6) is 1.80. The molecule has 0 spiro atoms. The zero-order valence-corrected chi connectivity index (χ0v) is 14.9. The Bertz CT molecular complexity index is 872. The number of methoxy groups -OCH3 is 1. The first-order valence-corrected chi connectivity index (χ1v) is 7.93. The minimum absolute atomic E-state index is 0.837. The second kappa shape index (κ2) is 6.40. The van der Waals surface area contributed by atoms with Crippen molar-refractivity contribution in [2.45, 2.75) is 0 Å². The molecule has 0 aliphatic carbocycles. The quantitative estimate of drug-likeness (QED) is 0.725. The number of nitrogens with zero attached hydrogens (tertiary/aromatic N) is 3. The van der Waals surface area contributed by atoms with Crippen LogP contribution in [0.4, 0.5) is 11.5 Å². The zero-order valence-electron chi connectivity index (χ0n) is 14.9. The Labute approximate surface area is 143 Å². The van der Waals surface area contributed by atoms with E-state index in [4.69, 9.17) is 9.72 Å². The van der Waals surface area contributed by atoms with E-state index in [-0.39, 0.29) is 0 Å². The molecule has 0 atom stereocenters. The van der Waals surface area contributed by atoms with Gasteiger partial charge in [0.1, 0.15) is 11.6 Å². The number of benzene rings is 2. The number of rotatable bonds is 4. The highest BCUT2D eigenvalue weighted by atomic mass is 16.5. The van der Waals surface area contributed by atoms with Gasteiger partial charge in [-0.2, -0.15) is 0 Å². The fourth-order valence-electron chi connectivity index (χ4n) is 2.77. The molecule has 0 amide bonds. The van der Waals surface area contributed by atoms with Gasteiger partial charge in [-0.05, 0) is 35.7 Å². The summed E-state index contributed by atoms with van der Waals surface area (Å²) in [4.78, 5) is 9.07. The van der Waals surface area contributed by atoms with Gasteiger partial charge in [0.05, 0.1) is 12.8 Å². The van der Waals surface area contributed by atoms with E-state index in [1.807, 2.05) is 32.3 Å². The van der Waals surface area contributed by atoms with Crippen molar-refractivity contribution in [1.82, 2.24) is 4.98 Å². The molecule has 4 heteroatoms. The van der Waals surface area contributed by atoms with Gasteiger partial charge in [0.15, 0.2) is 0 Å². The van der Waals surface area contributed by atoms with Gasteiger partial charge < -0.3 is 14.5 Å². The smallest absolute Gasteiger partial charge is 0.136 e. The average molecular weight is 321 g/mol. The molecule has 0 fully saturated rings. The van der Waals surface area contributed by atoms with E-state index in [2.05, 4.69) is 54.2 Å². The lowest BCUT2D eigenvalue weighted by molar-refractivity contribution is 0.415. The van der Waals surface area contributed by atoms with E-state index in [9.17, 15) is 0 Å². The maximum Gasteiger partial charge on any atom is 0.136 e. The van der Waals surface area contributed by atoms with Crippen molar-refractivity contribution in [3.63, 3.8) is 0 Å². The fourth-order valence-corrected chi connectivity index (χ4v) is 2.77. The van der Waals surface area contributed by atoms with E-state index < -0.39 is 0 Å². The minimum Gasteiger partial charge on any atom is -0.497 e. The summed E-state index contributed by atoms with van der Waals surface area (Å²) in [6.07, 6.45) is 0. The van der Waals surface area contributed by atoms with Gasteiger partial charge in [0, 0.05) is 44.8 Å². The first-order chi connectivity index (χ1) is 11.5. The van der Waals surface area contributed by atoms with E-state index in [1.54, 1.807) is 7.11 Å². The Kier molecular flexibility index (Phi) is 4.30. The third-order valence-corrected chi connectivity index (χ3v) is 4.10. The zero-order chi connectivity index (χ0) is 17.3. The second-order valence-corrected chi connectivity index (χ2v) is 6.26. The summed E-state index contributed by atoms with van der Waals surface area (Å²) < 4.78 is 5.34. The lowest BCUT2D eigenvalue weighted by Crippen LogP contribution is -2.12. The first-order valence-electron chi connectivity index (χ1n) is 7.93. The molecule has 0 N–H and O–H groups in total. The highest BCUT2D eigenvalue weighted by molar-refractivity contribution is 5.97. The number of aromatic nitrogens is 1. The monoisotopic (exact) mass is 321 g/mol. The lowest BCUT2D eigenvalue weighted by Gasteiger charge is -2.19. The van der Waals surface area contributed by atoms with Gasteiger partial charge in [-0.15, -0.1) is 0 Å². The van der Waals surface area contributed by atoms with Crippen LogP contribution in [0.5, 0.6) is 5.75 Å². The normalized spacial score (nSPS) is 10.7. The van der Waals surface area contributed by atoms with Crippen LogP contribution in [0.2, 0.25) is 0 Å². The maximum atomic E-state index is 5.34. The van der Waals surface area contributed by atoms with Crippen molar-refractivity contribution in [3.05, 3.63) is 48.5 Å². The Balaban J connectivity index is 2.22. The fraction of sp³-hybridized carbons (Fsp3) is 0.250. The highest BCUT2D eigenvalue weighted by Crippen LogP contribution is 2.32. The van der Waals surface area contributed by atoms with Crippen LogP contribution in [0.25, 0.3) is 22.0 Å². The first kappa shape index (κ1) is 16.1. The molecule has 0 unspecified atom stereocenters. The lowest BCUT2D eigenvalue weighted by atomic mass is 10.1. The SMILES string of the molecule is COc1cccc(-c2cc3ccc(N(C)C)cc3c(N(C)C)n2)c1. The maximum absolute atomic E-state index is 5.34. The van der Waals surface area contributed by atoms with Crippen LogP contribution in [-0.2, 0) is 0 Å². The van der Waals surface area contributed by atoms with Crippen LogP contribution in [0.3, 0.4) is 0 Å². The summed E-state index contributed by atoms with van der Waals surface area (Å²) in [6, 6.07) is 16.6. The molecule has 124 valence electrons. The van der Waals surface area contributed by atoms with Crippen molar-refractivity contribution in [2.75, 3.05) is 45.1 Å². The van der Waals surface area contributed by atoms with Crippen LogP contribution in [0.1, 0.15) is 0 Å². The summed E-state index contributed by atoms with van der Waals surface area (Å²) in [7, 11) is 9.84. The predicted molar refractivity (Wildman–Crippen MR) is 102 cm³/mol. The molecule has 0 aliphatic rings.